The van der Waals surface area contributed by atoms with Crippen molar-refractivity contribution in [2.75, 3.05) is 38.3 Å². The predicted octanol–water partition coefficient (Wildman–Crippen LogP) is 4.05. The van der Waals surface area contributed by atoms with Crippen LogP contribution in [-0.2, 0) is 4.74 Å². The van der Waals surface area contributed by atoms with E-state index >= 15 is 4.39 Å². The number of halogens is 2. The Kier molecular flexibility index (Phi) is 6.54. The van der Waals surface area contributed by atoms with E-state index in [1.807, 2.05) is 25.7 Å². The first-order valence-electron chi connectivity index (χ1n) is 12.8. The highest BCUT2D eigenvalue weighted by Gasteiger charge is 2.45. The number of methoxy groups -OCH3 is 1. The zero-order valence-electron chi connectivity index (χ0n) is 21.7. The normalized spacial score (nSPS) is 22.7. The van der Waals surface area contributed by atoms with E-state index < -0.39 is 17.2 Å². The van der Waals surface area contributed by atoms with Crippen LogP contribution < -0.4 is 14.4 Å². The molecule has 3 aliphatic rings. The number of carbonyl (C=O) groups is 1. The lowest BCUT2D eigenvalue weighted by Crippen LogP contribution is -2.57. The minimum Gasteiger partial charge on any atom is -0.493 e. The van der Waals surface area contributed by atoms with Gasteiger partial charge in [-0.2, -0.15) is 9.97 Å². The van der Waals surface area contributed by atoms with Crippen LogP contribution in [0.4, 0.5) is 19.4 Å². The van der Waals surface area contributed by atoms with Crippen LogP contribution in [0.5, 0.6) is 11.8 Å². The molecule has 1 amide bonds. The molecule has 0 radical (unpaired) electrons. The van der Waals surface area contributed by atoms with Crippen LogP contribution in [0, 0.1) is 17.0 Å². The van der Waals surface area contributed by atoms with Crippen molar-refractivity contribution in [2.45, 2.75) is 70.6 Å². The number of carbonyl (C=O) groups excluding carboxylic acids is 1. The summed E-state index contributed by atoms with van der Waals surface area (Å²) in [5.74, 6) is -1.55. The van der Waals surface area contributed by atoms with Crippen LogP contribution >= 0.6 is 0 Å². The molecule has 2 unspecified atom stereocenters. The van der Waals surface area contributed by atoms with Gasteiger partial charge in [0.15, 0.2) is 17.4 Å². The van der Waals surface area contributed by atoms with Crippen LogP contribution in [0.2, 0.25) is 0 Å². The molecule has 11 heteroatoms. The summed E-state index contributed by atoms with van der Waals surface area (Å²) in [4.78, 5) is 25.5. The quantitative estimate of drug-likeness (QED) is 0.610. The van der Waals surface area contributed by atoms with Gasteiger partial charge < -0.3 is 24.2 Å². The monoisotopic (exact) mass is 520 g/mol. The van der Waals surface area contributed by atoms with Crippen molar-refractivity contribution in [2.24, 2.45) is 5.41 Å². The number of ether oxygens (including phenoxy) is 3. The number of benzene rings is 1. The lowest BCUT2D eigenvalue weighted by molar-refractivity contribution is -0.00268. The summed E-state index contributed by atoms with van der Waals surface area (Å²) in [5, 5.41) is 9.93. The minimum absolute atomic E-state index is 0.0170. The largest absolute Gasteiger partial charge is 0.493 e. The first kappa shape index (κ1) is 25.7. The molecule has 5 rings (SSSR count). The summed E-state index contributed by atoms with van der Waals surface area (Å²) >= 11 is 0. The first-order chi connectivity index (χ1) is 17.5. The summed E-state index contributed by atoms with van der Waals surface area (Å²) in [7, 11) is 1.32. The Balaban J connectivity index is 1.51. The lowest BCUT2D eigenvalue weighted by Gasteiger charge is -2.42. The van der Waals surface area contributed by atoms with Crippen LogP contribution in [-0.4, -0.2) is 77.2 Å². The Morgan fingerprint density at radius 1 is 1.16 bits per heavy atom. The molecule has 1 saturated carbocycles. The van der Waals surface area contributed by atoms with Gasteiger partial charge in [-0.25, -0.2) is 13.6 Å². The standard InChI is InChI=1S/C26H34F2N4O5/c1-25(2,3)37-24(34)32-15-6-7-16(32)12-31(11-15)22-19-20(17(27)10-18(28)21(19)35-4)29-23(30-22)36-14-26(13-33)8-5-9-26/h10,15-16,33H,5-9,11-14H2,1-4H3. The molecule has 2 atom stereocenters. The zero-order chi connectivity index (χ0) is 26.5. The predicted molar refractivity (Wildman–Crippen MR) is 132 cm³/mol. The molecule has 3 heterocycles. The molecule has 9 nitrogen and oxygen atoms in total. The van der Waals surface area contributed by atoms with Gasteiger partial charge >= 0.3 is 12.1 Å². The number of fused-ring (bicyclic) bond motifs is 3. The molecule has 2 bridgehead atoms. The summed E-state index contributed by atoms with van der Waals surface area (Å²) in [6.07, 6.45) is 3.86. The number of anilines is 1. The van der Waals surface area contributed by atoms with E-state index in [0.717, 1.165) is 38.2 Å². The van der Waals surface area contributed by atoms with Crippen molar-refractivity contribution in [3.8, 4) is 11.8 Å². The first-order valence-corrected chi connectivity index (χ1v) is 12.8. The third kappa shape index (κ3) is 4.73. The van der Waals surface area contributed by atoms with Gasteiger partial charge in [-0.3, -0.25) is 4.90 Å². The summed E-state index contributed by atoms with van der Waals surface area (Å²) in [6.45, 7) is 6.49. The van der Waals surface area contributed by atoms with E-state index in [1.165, 1.54) is 7.11 Å². The van der Waals surface area contributed by atoms with Crippen molar-refractivity contribution in [1.82, 2.24) is 14.9 Å². The van der Waals surface area contributed by atoms with Crippen LogP contribution in [0.3, 0.4) is 0 Å². The Morgan fingerprint density at radius 3 is 2.38 bits per heavy atom. The van der Waals surface area contributed by atoms with Gasteiger partial charge in [0.1, 0.15) is 16.9 Å². The molecule has 0 spiro atoms. The Hall–Kier alpha value is -2.95. The van der Waals surface area contributed by atoms with Crippen molar-refractivity contribution >= 4 is 22.8 Å². The van der Waals surface area contributed by atoms with E-state index in [2.05, 4.69) is 9.97 Å². The fraction of sp³-hybridized carbons (Fsp3) is 0.654. The van der Waals surface area contributed by atoms with Gasteiger partial charge in [0.2, 0.25) is 0 Å². The topological polar surface area (TPSA) is 97.2 Å². The minimum atomic E-state index is -0.852. The maximum absolute atomic E-state index is 15.0. The molecular formula is C26H34F2N4O5. The molecule has 2 saturated heterocycles. The fourth-order valence-electron chi connectivity index (χ4n) is 5.60. The third-order valence-corrected chi connectivity index (χ3v) is 7.64. The maximum atomic E-state index is 15.0. The van der Waals surface area contributed by atoms with E-state index in [0.29, 0.717) is 18.9 Å². The van der Waals surface area contributed by atoms with Crippen LogP contribution in [0.15, 0.2) is 6.07 Å². The molecule has 1 aliphatic carbocycles. The molecule has 2 aliphatic heterocycles. The second-order valence-electron chi connectivity index (χ2n) is 11.4. The number of piperazine rings is 1. The van der Waals surface area contributed by atoms with E-state index in [9.17, 15) is 14.3 Å². The Bertz CT molecular complexity index is 1180. The van der Waals surface area contributed by atoms with Gasteiger partial charge in [-0.1, -0.05) is 6.42 Å². The van der Waals surface area contributed by atoms with Crippen molar-refractivity contribution < 1.29 is 32.9 Å². The van der Waals surface area contributed by atoms with Gasteiger partial charge in [-0.05, 0) is 46.5 Å². The number of aromatic nitrogens is 2. The number of amides is 1. The zero-order valence-corrected chi connectivity index (χ0v) is 21.7. The van der Waals surface area contributed by atoms with E-state index in [-0.39, 0.29) is 59.5 Å². The highest BCUT2D eigenvalue weighted by Crippen LogP contribution is 2.43. The highest BCUT2D eigenvalue weighted by atomic mass is 19.1. The average molecular weight is 521 g/mol. The van der Waals surface area contributed by atoms with E-state index in [1.54, 1.807) is 4.90 Å². The molecular weight excluding hydrogens is 486 g/mol. The lowest BCUT2D eigenvalue weighted by atomic mass is 9.70. The second kappa shape index (κ2) is 9.41. The number of aliphatic hydroxyl groups is 1. The third-order valence-electron chi connectivity index (χ3n) is 7.64. The fourth-order valence-corrected chi connectivity index (χ4v) is 5.60. The number of aliphatic hydroxyl groups excluding tert-OH is 1. The molecule has 202 valence electrons. The number of rotatable bonds is 6. The van der Waals surface area contributed by atoms with Gasteiger partial charge in [0, 0.05) is 24.6 Å². The maximum Gasteiger partial charge on any atom is 0.410 e. The molecule has 1 aromatic heterocycles. The summed E-state index contributed by atoms with van der Waals surface area (Å²) in [5.41, 5.74) is -1.07. The Labute approximate surface area is 214 Å². The highest BCUT2D eigenvalue weighted by molar-refractivity contribution is 5.96. The number of hydrogen-bond acceptors (Lipinski definition) is 8. The SMILES string of the molecule is COc1c(F)cc(F)c2nc(OCC3(CO)CCC3)nc(N3CC4CCC(C3)N4C(=O)OC(C)(C)C)c12. The number of nitrogens with zero attached hydrogens (tertiary/aromatic N) is 4. The molecule has 2 aromatic rings. The van der Waals surface area contributed by atoms with Gasteiger partial charge in [-0.15, -0.1) is 0 Å². The van der Waals surface area contributed by atoms with Crippen molar-refractivity contribution in [1.29, 1.82) is 0 Å². The van der Waals surface area contributed by atoms with Crippen molar-refractivity contribution in [3.63, 3.8) is 0 Å². The van der Waals surface area contributed by atoms with Crippen molar-refractivity contribution in [3.05, 3.63) is 17.7 Å². The van der Waals surface area contributed by atoms with Gasteiger partial charge in [0.05, 0.1) is 37.8 Å². The smallest absolute Gasteiger partial charge is 0.410 e. The van der Waals surface area contributed by atoms with E-state index in [4.69, 9.17) is 14.2 Å². The van der Waals surface area contributed by atoms with Crippen LogP contribution in [0.25, 0.3) is 10.9 Å². The summed E-state index contributed by atoms with van der Waals surface area (Å²) in [6, 6.07) is 0.421. The number of hydrogen-bond donors (Lipinski definition) is 1. The van der Waals surface area contributed by atoms with Gasteiger partial charge in [0.25, 0.3) is 0 Å². The second-order valence-corrected chi connectivity index (χ2v) is 11.4. The van der Waals surface area contributed by atoms with Crippen LogP contribution in [0.1, 0.15) is 52.9 Å². The average Bonchev–Trinajstić information content (AvgIpc) is 3.07. The molecule has 1 aromatic carbocycles. The Morgan fingerprint density at radius 2 is 1.84 bits per heavy atom. The molecule has 3 fully saturated rings. The molecule has 37 heavy (non-hydrogen) atoms. The summed E-state index contributed by atoms with van der Waals surface area (Å²) < 4.78 is 46.6. The molecule has 1 N–H and O–H groups in total.